The molecule has 23 heavy (non-hydrogen) atoms. The number of esters is 1. The summed E-state index contributed by atoms with van der Waals surface area (Å²) in [6, 6.07) is 9.71. The molecule has 0 unspecified atom stereocenters. The fraction of sp³-hybridized carbons (Fsp3) is 0.235. The number of carbonyl (C=O) groups excluding carboxylic acids is 1. The zero-order chi connectivity index (χ0) is 16.2. The van der Waals surface area contributed by atoms with E-state index in [1.165, 1.54) is 7.11 Å². The number of rotatable bonds is 5. The van der Waals surface area contributed by atoms with Crippen molar-refractivity contribution in [1.82, 2.24) is 9.97 Å². The van der Waals surface area contributed by atoms with Crippen LogP contribution in [0.2, 0.25) is 0 Å². The van der Waals surface area contributed by atoms with Crippen molar-refractivity contribution in [1.29, 1.82) is 0 Å². The summed E-state index contributed by atoms with van der Waals surface area (Å²) in [4.78, 5) is 21.5. The van der Waals surface area contributed by atoms with Crippen LogP contribution in [0.5, 0.6) is 0 Å². The normalized spacial score (nSPS) is 10.7. The quantitative estimate of drug-likeness (QED) is 0.724. The van der Waals surface area contributed by atoms with Crippen LogP contribution in [-0.4, -0.2) is 23.0 Å². The lowest BCUT2D eigenvalue weighted by Gasteiger charge is -2.09. The van der Waals surface area contributed by atoms with Gasteiger partial charge >= 0.3 is 5.97 Å². The summed E-state index contributed by atoms with van der Waals surface area (Å²) in [5.41, 5.74) is 1.79. The smallest absolute Gasteiger partial charge is 0.309 e. The lowest BCUT2D eigenvalue weighted by atomic mass is 10.1. The number of nitrogens with one attached hydrogen (secondary N) is 1. The molecule has 118 valence electrons. The average molecular weight is 327 g/mol. The standard InChI is InChI=1S/C17H17N3O2S/c1-3-14-19-16(13-7-8-23-17(13)20-14)18-12-6-4-5-11(9-12)10-15(21)22-2/h4-9H,3,10H2,1-2H3,(H,18,19,20). The molecule has 0 aliphatic carbocycles. The molecular formula is C17H17N3O2S. The highest BCUT2D eigenvalue weighted by Crippen LogP contribution is 2.28. The number of benzene rings is 1. The van der Waals surface area contributed by atoms with Crippen LogP contribution in [0.15, 0.2) is 35.7 Å². The number of hydrogen-bond acceptors (Lipinski definition) is 6. The molecule has 0 bridgehead atoms. The molecule has 0 aliphatic heterocycles. The molecule has 0 amide bonds. The third-order valence-electron chi connectivity index (χ3n) is 3.45. The Kier molecular flexibility index (Phi) is 4.52. The predicted octanol–water partition coefficient (Wildman–Crippen LogP) is 3.71. The molecule has 0 saturated heterocycles. The fourth-order valence-electron chi connectivity index (χ4n) is 2.29. The maximum absolute atomic E-state index is 11.4. The van der Waals surface area contributed by atoms with Crippen molar-refractivity contribution < 1.29 is 9.53 Å². The van der Waals surface area contributed by atoms with Gasteiger partial charge in [0, 0.05) is 12.1 Å². The van der Waals surface area contributed by atoms with Gasteiger partial charge in [-0.1, -0.05) is 19.1 Å². The summed E-state index contributed by atoms with van der Waals surface area (Å²) >= 11 is 1.60. The number of thiophene rings is 1. The molecular weight excluding hydrogens is 310 g/mol. The van der Waals surface area contributed by atoms with Gasteiger partial charge in [0.25, 0.3) is 0 Å². The van der Waals surface area contributed by atoms with Crippen molar-refractivity contribution in [2.75, 3.05) is 12.4 Å². The van der Waals surface area contributed by atoms with Gasteiger partial charge in [-0.2, -0.15) is 0 Å². The fourth-order valence-corrected chi connectivity index (χ4v) is 3.07. The second kappa shape index (κ2) is 6.75. The third kappa shape index (κ3) is 3.48. The Morgan fingerprint density at radius 1 is 1.30 bits per heavy atom. The molecule has 0 atom stereocenters. The number of ether oxygens (including phenoxy) is 1. The summed E-state index contributed by atoms with van der Waals surface area (Å²) in [6.07, 6.45) is 1.04. The van der Waals surface area contributed by atoms with Crippen molar-refractivity contribution in [3.63, 3.8) is 0 Å². The van der Waals surface area contributed by atoms with Gasteiger partial charge < -0.3 is 10.1 Å². The van der Waals surface area contributed by atoms with Crippen LogP contribution in [-0.2, 0) is 22.4 Å². The zero-order valence-electron chi connectivity index (χ0n) is 13.0. The van der Waals surface area contributed by atoms with Crippen molar-refractivity contribution in [2.24, 2.45) is 0 Å². The van der Waals surface area contributed by atoms with Crippen LogP contribution in [0, 0.1) is 0 Å². The van der Waals surface area contributed by atoms with E-state index >= 15 is 0 Å². The van der Waals surface area contributed by atoms with Crippen molar-refractivity contribution in [2.45, 2.75) is 19.8 Å². The van der Waals surface area contributed by atoms with E-state index in [0.29, 0.717) is 0 Å². The number of nitrogens with zero attached hydrogens (tertiary/aromatic N) is 2. The number of hydrogen-bond donors (Lipinski definition) is 1. The molecule has 2 heterocycles. The van der Waals surface area contributed by atoms with Crippen molar-refractivity contribution >= 4 is 39.0 Å². The van der Waals surface area contributed by atoms with Crippen LogP contribution in [0.4, 0.5) is 11.5 Å². The van der Waals surface area contributed by atoms with E-state index in [1.807, 2.05) is 42.6 Å². The molecule has 0 saturated carbocycles. The lowest BCUT2D eigenvalue weighted by Crippen LogP contribution is -2.05. The Bertz CT molecular complexity index is 845. The van der Waals surface area contributed by atoms with E-state index in [0.717, 1.165) is 39.5 Å². The van der Waals surface area contributed by atoms with Gasteiger partial charge in [-0.15, -0.1) is 11.3 Å². The largest absolute Gasteiger partial charge is 0.469 e. The van der Waals surface area contributed by atoms with Crippen LogP contribution in [0.1, 0.15) is 18.3 Å². The Morgan fingerprint density at radius 3 is 2.96 bits per heavy atom. The maximum Gasteiger partial charge on any atom is 0.309 e. The van der Waals surface area contributed by atoms with Crippen LogP contribution >= 0.6 is 11.3 Å². The van der Waals surface area contributed by atoms with E-state index in [2.05, 4.69) is 15.3 Å². The monoisotopic (exact) mass is 327 g/mol. The molecule has 2 aromatic heterocycles. The second-order valence-electron chi connectivity index (χ2n) is 5.06. The third-order valence-corrected chi connectivity index (χ3v) is 4.26. The molecule has 5 nitrogen and oxygen atoms in total. The van der Waals surface area contributed by atoms with Gasteiger partial charge in [0.15, 0.2) is 0 Å². The molecule has 1 aromatic carbocycles. The van der Waals surface area contributed by atoms with Gasteiger partial charge in [-0.05, 0) is 29.1 Å². The number of aromatic nitrogens is 2. The van der Waals surface area contributed by atoms with E-state index in [-0.39, 0.29) is 12.4 Å². The van der Waals surface area contributed by atoms with E-state index < -0.39 is 0 Å². The molecule has 3 rings (SSSR count). The Labute approximate surface area is 138 Å². The summed E-state index contributed by atoms with van der Waals surface area (Å²) < 4.78 is 4.71. The van der Waals surface area contributed by atoms with Gasteiger partial charge in [0.1, 0.15) is 16.5 Å². The number of aryl methyl sites for hydroxylation is 1. The van der Waals surface area contributed by atoms with Crippen LogP contribution in [0.3, 0.4) is 0 Å². The Balaban J connectivity index is 1.91. The Morgan fingerprint density at radius 2 is 2.17 bits per heavy atom. The predicted molar refractivity (Wildman–Crippen MR) is 92.2 cm³/mol. The van der Waals surface area contributed by atoms with Crippen LogP contribution in [0.25, 0.3) is 10.2 Å². The number of fused-ring (bicyclic) bond motifs is 1. The molecule has 6 heteroatoms. The Hall–Kier alpha value is -2.47. The highest BCUT2D eigenvalue weighted by atomic mass is 32.1. The summed E-state index contributed by atoms with van der Waals surface area (Å²) in [7, 11) is 1.39. The summed E-state index contributed by atoms with van der Waals surface area (Å²) in [6.45, 7) is 2.04. The van der Waals surface area contributed by atoms with Crippen molar-refractivity contribution in [3.8, 4) is 0 Å². The maximum atomic E-state index is 11.4. The molecule has 0 spiro atoms. The molecule has 0 aliphatic rings. The van der Waals surface area contributed by atoms with E-state index in [1.54, 1.807) is 11.3 Å². The topological polar surface area (TPSA) is 64.1 Å². The summed E-state index contributed by atoms with van der Waals surface area (Å²) in [5, 5.41) is 6.36. The molecule has 3 aromatic rings. The van der Waals surface area contributed by atoms with E-state index in [9.17, 15) is 4.79 Å². The minimum atomic E-state index is -0.252. The van der Waals surface area contributed by atoms with Gasteiger partial charge in [-0.3, -0.25) is 4.79 Å². The van der Waals surface area contributed by atoms with Gasteiger partial charge in [-0.25, -0.2) is 9.97 Å². The summed E-state index contributed by atoms with van der Waals surface area (Å²) in [5.74, 6) is 1.36. The first-order chi connectivity index (χ1) is 11.2. The number of anilines is 2. The minimum Gasteiger partial charge on any atom is -0.469 e. The highest BCUT2D eigenvalue weighted by Gasteiger charge is 2.09. The first-order valence-corrected chi connectivity index (χ1v) is 8.24. The van der Waals surface area contributed by atoms with Gasteiger partial charge in [0.05, 0.1) is 18.9 Å². The first kappa shape index (κ1) is 15.4. The first-order valence-electron chi connectivity index (χ1n) is 7.36. The molecule has 1 N–H and O–H groups in total. The van der Waals surface area contributed by atoms with Crippen molar-refractivity contribution in [3.05, 3.63) is 47.1 Å². The zero-order valence-corrected chi connectivity index (χ0v) is 13.8. The number of methoxy groups -OCH3 is 1. The second-order valence-corrected chi connectivity index (χ2v) is 5.95. The molecule has 0 fully saturated rings. The van der Waals surface area contributed by atoms with E-state index in [4.69, 9.17) is 4.74 Å². The van der Waals surface area contributed by atoms with Crippen LogP contribution < -0.4 is 5.32 Å². The SMILES string of the molecule is CCc1nc(Nc2cccc(CC(=O)OC)c2)c2ccsc2n1. The number of carbonyl (C=O) groups is 1. The van der Waals surface area contributed by atoms with Gasteiger partial charge in [0.2, 0.25) is 0 Å². The lowest BCUT2D eigenvalue weighted by molar-refractivity contribution is -0.139. The highest BCUT2D eigenvalue weighted by molar-refractivity contribution is 7.16. The average Bonchev–Trinajstić information content (AvgIpc) is 3.03. The minimum absolute atomic E-state index is 0.252. The molecule has 0 radical (unpaired) electrons.